The van der Waals surface area contributed by atoms with Crippen LogP contribution in [0, 0.1) is 0 Å². The lowest BCUT2D eigenvalue weighted by molar-refractivity contribution is 0.0600. The molecule has 1 saturated carbocycles. The Morgan fingerprint density at radius 1 is 1.38 bits per heavy atom. The van der Waals surface area contributed by atoms with Crippen molar-refractivity contribution >= 4 is 21.9 Å². The maximum atomic E-state index is 11.5. The van der Waals surface area contributed by atoms with Crippen LogP contribution in [0.4, 0.5) is 0 Å². The van der Waals surface area contributed by atoms with Crippen LogP contribution >= 0.6 is 15.9 Å². The molecule has 0 heterocycles. The number of hydrogen-bond donors (Lipinski definition) is 2. The van der Waals surface area contributed by atoms with Gasteiger partial charge in [-0.05, 0) is 30.5 Å². The molecule has 0 spiro atoms. The van der Waals surface area contributed by atoms with Gasteiger partial charge >= 0.3 is 5.97 Å². The highest BCUT2D eigenvalue weighted by atomic mass is 79.9. The van der Waals surface area contributed by atoms with Gasteiger partial charge in [0, 0.05) is 17.1 Å². The fourth-order valence-electron chi connectivity index (χ4n) is 2.70. The van der Waals surface area contributed by atoms with Gasteiger partial charge in [-0.2, -0.15) is 0 Å². The summed E-state index contributed by atoms with van der Waals surface area (Å²) in [7, 11) is 1.37. The Labute approximate surface area is 134 Å². The predicted octanol–water partition coefficient (Wildman–Crippen LogP) is 3.02. The number of esters is 1. The molecule has 2 atom stereocenters. The van der Waals surface area contributed by atoms with Crippen LogP contribution in [0.1, 0.15) is 48.0 Å². The zero-order valence-electron chi connectivity index (χ0n) is 12.3. The Balaban J connectivity index is 1.98. The largest absolute Gasteiger partial charge is 0.465 e. The number of ether oxygens (including phenoxy) is 1. The Morgan fingerprint density at radius 2 is 2.14 bits per heavy atom. The predicted molar refractivity (Wildman–Crippen MR) is 85.2 cm³/mol. The van der Waals surface area contributed by atoms with E-state index in [0.717, 1.165) is 35.7 Å². The van der Waals surface area contributed by atoms with Gasteiger partial charge in [-0.15, -0.1) is 0 Å². The lowest BCUT2D eigenvalue weighted by atomic mass is 10.1. The molecule has 2 N–H and O–H groups in total. The normalized spacial score (nSPS) is 22.6. The van der Waals surface area contributed by atoms with E-state index in [1.165, 1.54) is 13.5 Å². The Kier molecular flexibility index (Phi) is 6.21. The van der Waals surface area contributed by atoms with Crippen molar-refractivity contribution in [3.63, 3.8) is 0 Å². The fraction of sp³-hybridized carbons (Fsp3) is 0.562. The molecule has 2 rings (SSSR count). The van der Waals surface area contributed by atoms with Crippen LogP contribution in [0.25, 0.3) is 0 Å². The molecule has 4 nitrogen and oxygen atoms in total. The zero-order chi connectivity index (χ0) is 15.2. The lowest BCUT2D eigenvalue weighted by Crippen LogP contribution is -2.38. The van der Waals surface area contributed by atoms with Crippen molar-refractivity contribution in [3.05, 3.63) is 33.8 Å². The first-order valence-electron chi connectivity index (χ1n) is 7.40. The topological polar surface area (TPSA) is 58.6 Å². The van der Waals surface area contributed by atoms with Gasteiger partial charge in [0.15, 0.2) is 0 Å². The van der Waals surface area contributed by atoms with Crippen LogP contribution < -0.4 is 5.32 Å². The Bertz CT molecular complexity index is 492. The molecule has 1 aliphatic carbocycles. The lowest BCUT2D eigenvalue weighted by Gasteiger charge is -2.22. The number of carbonyl (C=O) groups excluding carboxylic acids is 1. The van der Waals surface area contributed by atoms with Gasteiger partial charge in [-0.3, -0.25) is 0 Å². The number of nitrogens with one attached hydrogen (secondary N) is 1. The van der Waals surface area contributed by atoms with Crippen molar-refractivity contribution in [2.45, 2.75) is 50.8 Å². The summed E-state index contributed by atoms with van der Waals surface area (Å²) in [4.78, 5) is 11.5. The molecule has 0 amide bonds. The summed E-state index contributed by atoms with van der Waals surface area (Å²) in [6.45, 7) is 0.670. The molecular formula is C16H22BrNO3. The van der Waals surface area contributed by atoms with Crippen molar-refractivity contribution in [3.8, 4) is 0 Å². The summed E-state index contributed by atoms with van der Waals surface area (Å²) in [6, 6.07) is 5.59. The molecule has 0 saturated heterocycles. The van der Waals surface area contributed by atoms with Gasteiger partial charge in [0.1, 0.15) is 0 Å². The SMILES string of the molecule is COC(=O)c1ccc(CNC2CCCCCC2O)c(Br)c1. The second-order valence-electron chi connectivity index (χ2n) is 5.49. The zero-order valence-corrected chi connectivity index (χ0v) is 13.9. The third-order valence-electron chi connectivity index (χ3n) is 4.01. The number of methoxy groups -OCH3 is 1. The Morgan fingerprint density at radius 3 is 2.86 bits per heavy atom. The minimum atomic E-state index is -0.339. The molecule has 1 aromatic carbocycles. The highest BCUT2D eigenvalue weighted by Gasteiger charge is 2.21. The third kappa shape index (κ3) is 4.53. The highest BCUT2D eigenvalue weighted by molar-refractivity contribution is 9.10. The Hall–Kier alpha value is -0.910. The van der Waals surface area contributed by atoms with E-state index in [-0.39, 0.29) is 18.1 Å². The number of carbonyl (C=O) groups is 1. The van der Waals surface area contributed by atoms with Gasteiger partial charge in [0.05, 0.1) is 18.8 Å². The number of hydrogen-bond acceptors (Lipinski definition) is 4. The van der Waals surface area contributed by atoms with E-state index in [1.54, 1.807) is 12.1 Å². The van der Waals surface area contributed by atoms with E-state index in [4.69, 9.17) is 4.74 Å². The van der Waals surface area contributed by atoms with E-state index in [2.05, 4.69) is 21.2 Å². The summed E-state index contributed by atoms with van der Waals surface area (Å²) >= 11 is 3.49. The van der Waals surface area contributed by atoms with Gasteiger partial charge < -0.3 is 15.2 Å². The van der Waals surface area contributed by atoms with Crippen LogP contribution in [0.2, 0.25) is 0 Å². The minimum absolute atomic E-state index is 0.152. The summed E-state index contributed by atoms with van der Waals surface area (Å²) in [5, 5.41) is 13.5. The second-order valence-corrected chi connectivity index (χ2v) is 6.34. The summed E-state index contributed by atoms with van der Waals surface area (Å²) < 4.78 is 5.58. The first-order chi connectivity index (χ1) is 10.1. The second kappa shape index (κ2) is 7.92. The smallest absolute Gasteiger partial charge is 0.337 e. The molecule has 2 unspecified atom stereocenters. The van der Waals surface area contributed by atoms with Gasteiger partial charge in [-0.1, -0.05) is 41.3 Å². The molecular weight excluding hydrogens is 334 g/mol. The first kappa shape index (κ1) is 16.5. The molecule has 0 aliphatic heterocycles. The average molecular weight is 356 g/mol. The van der Waals surface area contributed by atoms with Crippen LogP contribution in [-0.2, 0) is 11.3 Å². The van der Waals surface area contributed by atoms with E-state index >= 15 is 0 Å². The van der Waals surface area contributed by atoms with Crippen LogP contribution in [-0.4, -0.2) is 30.3 Å². The summed E-state index contributed by atoms with van der Waals surface area (Å²) in [5.74, 6) is -0.339. The van der Waals surface area contributed by atoms with Gasteiger partial charge in [-0.25, -0.2) is 4.79 Å². The van der Waals surface area contributed by atoms with Crippen LogP contribution in [0.5, 0.6) is 0 Å². The van der Waals surface area contributed by atoms with Crippen molar-refractivity contribution < 1.29 is 14.6 Å². The van der Waals surface area contributed by atoms with Crippen LogP contribution in [0.3, 0.4) is 0 Å². The van der Waals surface area contributed by atoms with Crippen molar-refractivity contribution in [2.75, 3.05) is 7.11 Å². The standard InChI is InChI=1S/C16H22BrNO3/c1-21-16(20)11-7-8-12(13(17)9-11)10-18-14-5-3-2-4-6-15(14)19/h7-9,14-15,18-19H,2-6,10H2,1H3. The molecule has 5 heteroatoms. The van der Waals surface area contributed by atoms with E-state index in [1.807, 2.05) is 6.07 Å². The molecule has 0 aromatic heterocycles. The van der Waals surface area contributed by atoms with Crippen molar-refractivity contribution in [2.24, 2.45) is 0 Å². The fourth-order valence-corrected chi connectivity index (χ4v) is 3.22. The highest BCUT2D eigenvalue weighted by Crippen LogP contribution is 2.22. The number of benzene rings is 1. The number of aliphatic hydroxyl groups excluding tert-OH is 1. The monoisotopic (exact) mass is 355 g/mol. The summed E-state index contributed by atoms with van der Waals surface area (Å²) in [6.07, 6.45) is 5.10. The third-order valence-corrected chi connectivity index (χ3v) is 4.75. The van der Waals surface area contributed by atoms with Gasteiger partial charge in [0.2, 0.25) is 0 Å². The maximum Gasteiger partial charge on any atom is 0.337 e. The molecule has 116 valence electrons. The number of rotatable bonds is 4. The van der Waals surface area contributed by atoms with Gasteiger partial charge in [0.25, 0.3) is 0 Å². The molecule has 0 bridgehead atoms. The number of aliphatic hydroxyl groups is 1. The van der Waals surface area contributed by atoms with Crippen molar-refractivity contribution in [1.29, 1.82) is 0 Å². The number of halogens is 1. The quantitative estimate of drug-likeness (QED) is 0.643. The first-order valence-corrected chi connectivity index (χ1v) is 8.19. The van der Waals surface area contributed by atoms with E-state index < -0.39 is 0 Å². The summed E-state index contributed by atoms with van der Waals surface area (Å²) in [5.41, 5.74) is 1.60. The van der Waals surface area contributed by atoms with E-state index in [9.17, 15) is 9.90 Å². The molecule has 1 aromatic rings. The molecule has 1 aliphatic rings. The van der Waals surface area contributed by atoms with Crippen LogP contribution in [0.15, 0.2) is 22.7 Å². The maximum absolute atomic E-state index is 11.5. The van der Waals surface area contributed by atoms with E-state index in [0.29, 0.717) is 12.1 Å². The minimum Gasteiger partial charge on any atom is -0.465 e. The molecule has 1 fully saturated rings. The average Bonchev–Trinajstić information content (AvgIpc) is 2.69. The molecule has 0 radical (unpaired) electrons. The molecule has 21 heavy (non-hydrogen) atoms. The van der Waals surface area contributed by atoms with Crippen molar-refractivity contribution in [1.82, 2.24) is 5.32 Å².